The number of hydrogen-bond donors (Lipinski definition) is 0. The molecule has 0 bridgehead atoms. The SMILES string of the molecule is FC1CC=Cc2c1ccc1c(Cl)nccc21. The number of pyridine rings is 1. The summed E-state index contributed by atoms with van der Waals surface area (Å²) in [5, 5.41) is 2.31. The summed E-state index contributed by atoms with van der Waals surface area (Å²) in [6.07, 6.45) is 5.03. The van der Waals surface area contributed by atoms with E-state index in [9.17, 15) is 4.39 Å². The van der Waals surface area contributed by atoms with Crippen LogP contribution in [0.3, 0.4) is 0 Å². The average molecular weight is 234 g/mol. The van der Waals surface area contributed by atoms with Crippen LogP contribution in [-0.2, 0) is 0 Å². The van der Waals surface area contributed by atoms with E-state index in [0.29, 0.717) is 11.6 Å². The van der Waals surface area contributed by atoms with Gasteiger partial charge >= 0.3 is 0 Å². The van der Waals surface area contributed by atoms with Gasteiger partial charge in [-0.05, 0) is 22.6 Å². The number of allylic oxidation sites excluding steroid dienone is 1. The van der Waals surface area contributed by atoms with Gasteiger partial charge in [0.15, 0.2) is 0 Å². The van der Waals surface area contributed by atoms with E-state index in [1.54, 1.807) is 12.3 Å². The van der Waals surface area contributed by atoms with Crippen molar-refractivity contribution in [3.63, 3.8) is 0 Å². The zero-order valence-electron chi connectivity index (χ0n) is 8.45. The summed E-state index contributed by atoms with van der Waals surface area (Å²) in [7, 11) is 0. The number of halogens is 2. The summed E-state index contributed by atoms with van der Waals surface area (Å²) in [4.78, 5) is 4.02. The summed E-state index contributed by atoms with van der Waals surface area (Å²) < 4.78 is 13.7. The standard InChI is InChI=1S/C13H9ClFN/c14-13-11-5-4-10-8(2-1-3-12(10)15)9(11)6-7-16-13/h1-2,4-7,12H,3H2. The number of nitrogens with zero attached hydrogens (tertiary/aromatic N) is 1. The molecule has 1 aliphatic rings. The Balaban J connectivity index is 2.41. The molecule has 1 unspecified atom stereocenters. The fourth-order valence-electron chi connectivity index (χ4n) is 2.15. The highest BCUT2D eigenvalue weighted by Gasteiger charge is 2.18. The molecule has 3 heteroatoms. The first-order valence-electron chi connectivity index (χ1n) is 5.15. The Bertz CT molecular complexity index is 592. The van der Waals surface area contributed by atoms with Crippen LogP contribution in [0.2, 0.25) is 5.15 Å². The van der Waals surface area contributed by atoms with Gasteiger partial charge in [0.2, 0.25) is 0 Å². The number of hydrogen-bond acceptors (Lipinski definition) is 1. The molecule has 0 N–H and O–H groups in total. The molecule has 1 aliphatic carbocycles. The Morgan fingerprint density at radius 3 is 3.00 bits per heavy atom. The molecule has 0 fully saturated rings. The number of rotatable bonds is 0. The smallest absolute Gasteiger partial charge is 0.136 e. The van der Waals surface area contributed by atoms with Crippen molar-refractivity contribution in [1.82, 2.24) is 4.98 Å². The van der Waals surface area contributed by atoms with E-state index in [-0.39, 0.29) is 0 Å². The zero-order chi connectivity index (χ0) is 11.1. The van der Waals surface area contributed by atoms with Gasteiger partial charge in [0, 0.05) is 18.0 Å². The van der Waals surface area contributed by atoms with Crippen molar-refractivity contribution in [2.75, 3.05) is 0 Å². The summed E-state index contributed by atoms with van der Waals surface area (Å²) in [6.45, 7) is 0. The highest BCUT2D eigenvalue weighted by Crippen LogP contribution is 2.36. The molecular weight excluding hydrogens is 225 g/mol. The van der Waals surface area contributed by atoms with E-state index >= 15 is 0 Å². The fourth-order valence-corrected chi connectivity index (χ4v) is 2.37. The summed E-state index contributed by atoms with van der Waals surface area (Å²) in [5.74, 6) is 0. The fraction of sp³-hybridized carbons (Fsp3) is 0.154. The van der Waals surface area contributed by atoms with Crippen molar-refractivity contribution in [1.29, 1.82) is 0 Å². The molecular formula is C13H9ClFN. The van der Waals surface area contributed by atoms with E-state index < -0.39 is 6.17 Å². The molecule has 80 valence electrons. The number of alkyl halides is 1. The maximum absolute atomic E-state index is 13.7. The monoisotopic (exact) mass is 233 g/mol. The third kappa shape index (κ3) is 1.34. The molecule has 1 nitrogen and oxygen atoms in total. The molecule has 1 atom stereocenters. The molecule has 2 aromatic rings. The predicted octanol–water partition coefficient (Wildman–Crippen LogP) is 4.32. The normalized spacial score (nSPS) is 18.8. The van der Waals surface area contributed by atoms with Crippen LogP contribution < -0.4 is 0 Å². The molecule has 16 heavy (non-hydrogen) atoms. The minimum Gasteiger partial charge on any atom is -0.244 e. The highest BCUT2D eigenvalue weighted by molar-refractivity contribution is 6.34. The first-order valence-corrected chi connectivity index (χ1v) is 5.53. The van der Waals surface area contributed by atoms with Crippen LogP contribution in [-0.4, -0.2) is 4.98 Å². The number of aromatic nitrogens is 1. The third-order valence-corrected chi connectivity index (χ3v) is 3.24. The first kappa shape index (κ1) is 9.79. The van der Waals surface area contributed by atoms with Crippen molar-refractivity contribution in [3.05, 3.63) is 46.8 Å². The van der Waals surface area contributed by atoms with Crippen LogP contribution in [0.25, 0.3) is 16.8 Å². The lowest BCUT2D eigenvalue weighted by molar-refractivity contribution is 0.345. The van der Waals surface area contributed by atoms with Gasteiger partial charge in [0.25, 0.3) is 0 Å². The summed E-state index contributed by atoms with van der Waals surface area (Å²) in [5.41, 5.74) is 1.68. The van der Waals surface area contributed by atoms with Crippen LogP contribution in [0, 0.1) is 0 Å². The average Bonchev–Trinajstić information content (AvgIpc) is 2.30. The topological polar surface area (TPSA) is 12.9 Å². The number of benzene rings is 1. The van der Waals surface area contributed by atoms with Gasteiger partial charge in [-0.2, -0.15) is 0 Å². The van der Waals surface area contributed by atoms with Crippen LogP contribution in [0.15, 0.2) is 30.5 Å². The Morgan fingerprint density at radius 1 is 1.25 bits per heavy atom. The summed E-state index contributed by atoms with van der Waals surface area (Å²) >= 11 is 6.01. The van der Waals surface area contributed by atoms with E-state index in [4.69, 9.17) is 11.6 Å². The molecule has 0 saturated heterocycles. The molecule has 0 amide bonds. The second-order valence-corrected chi connectivity index (χ2v) is 4.23. The van der Waals surface area contributed by atoms with Crippen molar-refractivity contribution >= 4 is 28.4 Å². The Hall–Kier alpha value is -1.41. The van der Waals surface area contributed by atoms with Crippen LogP contribution >= 0.6 is 11.6 Å². The summed E-state index contributed by atoms with van der Waals surface area (Å²) in [6, 6.07) is 5.52. The van der Waals surface area contributed by atoms with Gasteiger partial charge in [0.05, 0.1) is 0 Å². The molecule has 0 saturated carbocycles. The van der Waals surface area contributed by atoms with E-state index in [0.717, 1.165) is 21.9 Å². The lowest BCUT2D eigenvalue weighted by Gasteiger charge is -2.16. The maximum atomic E-state index is 13.7. The Kier molecular flexibility index (Phi) is 2.18. The second-order valence-electron chi connectivity index (χ2n) is 3.87. The molecule has 0 radical (unpaired) electrons. The van der Waals surface area contributed by atoms with Crippen LogP contribution in [0.4, 0.5) is 4.39 Å². The van der Waals surface area contributed by atoms with E-state index in [1.807, 2.05) is 24.3 Å². The predicted molar refractivity (Wildman–Crippen MR) is 64.3 cm³/mol. The van der Waals surface area contributed by atoms with Gasteiger partial charge in [0.1, 0.15) is 11.3 Å². The molecule has 0 aliphatic heterocycles. The second kappa shape index (κ2) is 3.56. The highest BCUT2D eigenvalue weighted by atomic mass is 35.5. The molecule has 3 rings (SSSR count). The molecule has 1 aromatic heterocycles. The zero-order valence-corrected chi connectivity index (χ0v) is 9.21. The van der Waals surface area contributed by atoms with Crippen molar-refractivity contribution < 1.29 is 4.39 Å². The molecule has 1 heterocycles. The quantitative estimate of drug-likeness (QED) is 0.618. The van der Waals surface area contributed by atoms with Gasteiger partial charge in [-0.1, -0.05) is 35.9 Å². The molecule has 1 aromatic carbocycles. The Morgan fingerprint density at radius 2 is 2.12 bits per heavy atom. The van der Waals surface area contributed by atoms with Crippen molar-refractivity contribution in [2.24, 2.45) is 0 Å². The number of fused-ring (bicyclic) bond motifs is 3. The van der Waals surface area contributed by atoms with E-state index in [2.05, 4.69) is 4.98 Å². The molecule has 0 spiro atoms. The van der Waals surface area contributed by atoms with Gasteiger partial charge in [-0.3, -0.25) is 0 Å². The van der Waals surface area contributed by atoms with Crippen LogP contribution in [0.5, 0.6) is 0 Å². The van der Waals surface area contributed by atoms with Crippen molar-refractivity contribution in [3.8, 4) is 0 Å². The van der Waals surface area contributed by atoms with E-state index in [1.165, 1.54) is 0 Å². The van der Waals surface area contributed by atoms with Gasteiger partial charge in [-0.15, -0.1) is 0 Å². The minimum absolute atomic E-state index is 0.456. The first-order chi connectivity index (χ1) is 7.77. The van der Waals surface area contributed by atoms with Crippen LogP contribution in [0.1, 0.15) is 23.7 Å². The van der Waals surface area contributed by atoms with Crippen molar-refractivity contribution in [2.45, 2.75) is 12.6 Å². The maximum Gasteiger partial charge on any atom is 0.136 e. The van der Waals surface area contributed by atoms with Gasteiger partial charge in [-0.25, -0.2) is 9.37 Å². The minimum atomic E-state index is -0.906. The largest absolute Gasteiger partial charge is 0.244 e. The lowest BCUT2D eigenvalue weighted by Crippen LogP contribution is -1.99. The Labute approximate surface area is 97.6 Å². The van der Waals surface area contributed by atoms with Gasteiger partial charge < -0.3 is 0 Å². The third-order valence-electron chi connectivity index (χ3n) is 2.94. The lowest BCUT2D eigenvalue weighted by atomic mass is 9.92.